The summed E-state index contributed by atoms with van der Waals surface area (Å²) in [7, 11) is 0. The second-order valence-electron chi connectivity index (χ2n) is 4.41. The molecule has 1 aromatic carbocycles. The number of hydrogen-bond donors (Lipinski definition) is 1. The molecule has 1 amide bonds. The van der Waals surface area contributed by atoms with Gasteiger partial charge in [0, 0.05) is 12.6 Å². The van der Waals surface area contributed by atoms with Gasteiger partial charge in [0.2, 0.25) is 5.91 Å². The maximum absolute atomic E-state index is 13.0. The molecular weight excluding hydrogens is 318 g/mol. The summed E-state index contributed by atoms with van der Waals surface area (Å²) in [4.78, 5) is 11.6. The van der Waals surface area contributed by atoms with Gasteiger partial charge in [-0.25, -0.2) is 4.39 Å². The highest BCUT2D eigenvalue weighted by Gasteiger charge is 2.33. The zero-order valence-corrected chi connectivity index (χ0v) is 12.0. The molecule has 0 radical (unpaired) electrons. The van der Waals surface area contributed by atoms with E-state index in [0.29, 0.717) is 6.07 Å². The van der Waals surface area contributed by atoms with E-state index in [1.807, 2.05) is 10.8 Å². The standard InChI is InChI=1S/C15H11F4NOS/c16-12-3-2-11(13(7-12)15(17,18)19)8-20-14(21)4-1-10-5-6-22-9-10/h1-7,9H,8H2,(H,20,21)/b4-1+. The number of halogens is 4. The van der Waals surface area contributed by atoms with E-state index in [1.54, 1.807) is 12.1 Å². The fourth-order valence-corrected chi connectivity index (χ4v) is 2.38. The zero-order chi connectivity index (χ0) is 16.2. The van der Waals surface area contributed by atoms with Gasteiger partial charge in [0.25, 0.3) is 0 Å². The van der Waals surface area contributed by atoms with Gasteiger partial charge in [-0.2, -0.15) is 24.5 Å². The first-order valence-electron chi connectivity index (χ1n) is 6.20. The van der Waals surface area contributed by atoms with Gasteiger partial charge in [0.05, 0.1) is 5.56 Å². The first kappa shape index (κ1) is 16.2. The van der Waals surface area contributed by atoms with E-state index >= 15 is 0 Å². The Morgan fingerprint density at radius 2 is 2.05 bits per heavy atom. The Hall–Kier alpha value is -2.15. The van der Waals surface area contributed by atoms with Crippen LogP contribution in [0.15, 0.2) is 41.1 Å². The largest absolute Gasteiger partial charge is 0.416 e. The average Bonchev–Trinajstić information content (AvgIpc) is 2.96. The van der Waals surface area contributed by atoms with Gasteiger partial charge < -0.3 is 5.32 Å². The van der Waals surface area contributed by atoms with Crippen LogP contribution in [-0.2, 0) is 17.5 Å². The van der Waals surface area contributed by atoms with E-state index in [-0.39, 0.29) is 12.1 Å². The number of benzene rings is 1. The zero-order valence-electron chi connectivity index (χ0n) is 11.2. The maximum atomic E-state index is 13.0. The molecule has 0 fully saturated rings. The fourth-order valence-electron chi connectivity index (χ4n) is 1.75. The van der Waals surface area contributed by atoms with Crippen molar-refractivity contribution >= 4 is 23.3 Å². The van der Waals surface area contributed by atoms with Crippen molar-refractivity contribution in [2.75, 3.05) is 0 Å². The third-order valence-electron chi connectivity index (χ3n) is 2.80. The monoisotopic (exact) mass is 329 g/mol. The number of carbonyl (C=O) groups is 1. The highest BCUT2D eigenvalue weighted by atomic mass is 32.1. The van der Waals surface area contributed by atoms with Crippen LogP contribution in [0, 0.1) is 5.82 Å². The first-order valence-corrected chi connectivity index (χ1v) is 7.14. The van der Waals surface area contributed by atoms with Crippen molar-refractivity contribution < 1.29 is 22.4 Å². The van der Waals surface area contributed by atoms with Gasteiger partial charge in [-0.1, -0.05) is 6.07 Å². The molecule has 0 saturated heterocycles. The lowest BCUT2D eigenvalue weighted by Crippen LogP contribution is -2.22. The van der Waals surface area contributed by atoms with Crippen LogP contribution in [-0.4, -0.2) is 5.91 Å². The molecule has 2 nitrogen and oxygen atoms in total. The second kappa shape index (κ2) is 6.74. The highest BCUT2D eigenvalue weighted by Crippen LogP contribution is 2.32. The molecular formula is C15H11F4NOS. The van der Waals surface area contributed by atoms with Crippen LogP contribution < -0.4 is 5.32 Å². The molecule has 0 aliphatic heterocycles. The van der Waals surface area contributed by atoms with Crippen LogP contribution in [0.1, 0.15) is 16.7 Å². The minimum Gasteiger partial charge on any atom is -0.348 e. The summed E-state index contributed by atoms with van der Waals surface area (Å²) in [5.41, 5.74) is -0.446. The smallest absolute Gasteiger partial charge is 0.348 e. The van der Waals surface area contributed by atoms with Crippen LogP contribution in [0.3, 0.4) is 0 Å². The molecule has 0 unspecified atom stereocenters. The van der Waals surface area contributed by atoms with Gasteiger partial charge in [0.15, 0.2) is 0 Å². The Morgan fingerprint density at radius 1 is 1.27 bits per heavy atom. The molecule has 1 aromatic heterocycles. The molecule has 0 bridgehead atoms. The number of hydrogen-bond acceptors (Lipinski definition) is 2. The van der Waals surface area contributed by atoms with E-state index in [2.05, 4.69) is 5.32 Å². The highest BCUT2D eigenvalue weighted by molar-refractivity contribution is 7.08. The van der Waals surface area contributed by atoms with Gasteiger partial charge in [-0.15, -0.1) is 0 Å². The van der Waals surface area contributed by atoms with Crippen LogP contribution in [0.2, 0.25) is 0 Å². The number of alkyl halides is 3. The lowest BCUT2D eigenvalue weighted by atomic mass is 10.1. The minimum atomic E-state index is -4.67. The normalized spacial score (nSPS) is 11.8. The van der Waals surface area contributed by atoms with E-state index in [9.17, 15) is 22.4 Å². The predicted molar refractivity (Wildman–Crippen MR) is 76.6 cm³/mol. The van der Waals surface area contributed by atoms with Crippen LogP contribution in [0.25, 0.3) is 6.08 Å². The fraction of sp³-hybridized carbons (Fsp3) is 0.133. The third kappa shape index (κ3) is 4.42. The average molecular weight is 329 g/mol. The molecule has 0 aliphatic rings. The van der Waals surface area contributed by atoms with Crippen molar-refractivity contribution in [3.8, 4) is 0 Å². The lowest BCUT2D eigenvalue weighted by molar-refractivity contribution is -0.138. The topological polar surface area (TPSA) is 29.1 Å². The van der Waals surface area contributed by atoms with Gasteiger partial charge >= 0.3 is 6.18 Å². The van der Waals surface area contributed by atoms with Crippen molar-refractivity contribution in [3.05, 3.63) is 63.6 Å². The van der Waals surface area contributed by atoms with Crippen molar-refractivity contribution in [1.82, 2.24) is 5.32 Å². The summed E-state index contributed by atoms with van der Waals surface area (Å²) < 4.78 is 51.3. The van der Waals surface area contributed by atoms with Crippen LogP contribution >= 0.6 is 11.3 Å². The van der Waals surface area contributed by atoms with Crippen molar-refractivity contribution in [2.24, 2.45) is 0 Å². The minimum absolute atomic E-state index is 0.189. The molecule has 0 atom stereocenters. The molecule has 0 saturated carbocycles. The van der Waals surface area contributed by atoms with Gasteiger partial charge in [-0.05, 0) is 46.2 Å². The second-order valence-corrected chi connectivity index (χ2v) is 5.19. The Morgan fingerprint density at radius 3 is 2.68 bits per heavy atom. The van der Waals surface area contributed by atoms with Gasteiger partial charge in [0.1, 0.15) is 5.82 Å². The summed E-state index contributed by atoms with van der Waals surface area (Å²) in [6, 6.07) is 4.16. The van der Waals surface area contributed by atoms with Crippen molar-refractivity contribution in [2.45, 2.75) is 12.7 Å². The van der Waals surface area contributed by atoms with E-state index in [0.717, 1.165) is 17.7 Å². The molecule has 1 heterocycles. The van der Waals surface area contributed by atoms with E-state index in [1.165, 1.54) is 17.4 Å². The Labute approximate surface area is 128 Å². The SMILES string of the molecule is O=C(/C=C/c1ccsc1)NCc1ccc(F)cc1C(F)(F)F. The molecule has 2 aromatic rings. The van der Waals surface area contributed by atoms with Gasteiger partial charge in [-0.3, -0.25) is 4.79 Å². The number of rotatable bonds is 4. The van der Waals surface area contributed by atoms with Crippen LogP contribution in [0.5, 0.6) is 0 Å². The Bertz CT molecular complexity index is 677. The number of carbonyl (C=O) groups excluding carboxylic acids is 1. The first-order chi connectivity index (χ1) is 10.4. The number of nitrogens with one attached hydrogen (secondary N) is 1. The van der Waals surface area contributed by atoms with Crippen molar-refractivity contribution in [3.63, 3.8) is 0 Å². The summed E-state index contributed by atoms with van der Waals surface area (Å²) in [5, 5.41) is 6.01. The molecule has 22 heavy (non-hydrogen) atoms. The molecule has 0 spiro atoms. The quantitative estimate of drug-likeness (QED) is 0.660. The maximum Gasteiger partial charge on any atom is 0.416 e. The summed E-state index contributed by atoms with van der Waals surface area (Å²) in [5.74, 6) is -1.50. The Kier molecular flexibility index (Phi) is 4.97. The van der Waals surface area contributed by atoms with E-state index < -0.39 is 23.5 Å². The summed E-state index contributed by atoms with van der Waals surface area (Å²) >= 11 is 1.46. The van der Waals surface area contributed by atoms with Crippen LogP contribution in [0.4, 0.5) is 17.6 Å². The van der Waals surface area contributed by atoms with Crippen molar-refractivity contribution in [1.29, 1.82) is 0 Å². The Balaban J connectivity index is 2.04. The van der Waals surface area contributed by atoms with E-state index in [4.69, 9.17) is 0 Å². The summed E-state index contributed by atoms with van der Waals surface area (Å²) in [6.07, 6.45) is -1.88. The lowest BCUT2D eigenvalue weighted by Gasteiger charge is -2.13. The third-order valence-corrected chi connectivity index (χ3v) is 3.50. The number of amides is 1. The molecule has 2 rings (SSSR count). The molecule has 116 valence electrons. The number of thiophene rings is 1. The molecule has 7 heteroatoms. The molecule has 1 N–H and O–H groups in total. The summed E-state index contributed by atoms with van der Waals surface area (Å²) in [6.45, 7) is -0.331. The predicted octanol–water partition coefficient (Wildman–Crippen LogP) is 4.24. The molecule has 0 aliphatic carbocycles.